The SMILES string of the molecule is CCNC(=O)c1cccc(NC(=O)CNc2ccccc2OCCOCC)c1. The lowest BCUT2D eigenvalue weighted by Gasteiger charge is -2.13. The molecule has 2 aromatic carbocycles. The number of nitrogens with one attached hydrogen (secondary N) is 3. The van der Waals surface area contributed by atoms with Crippen molar-refractivity contribution in [2.75, 3.05) is 43.5 Å². The molecular weight excluding hydrogens is 358 g/mol. The molecule has 0 bridgehead atoms. The molecule has 0 atom stereocenters. The van der Waals surface area contributed by atoms with Crippen molar-refractivity contribution in [1.82, 2.24) is 5.32 Å². The minimum Gasteiger partial charge on any atom is -0.489 e. The topological polar surface area (TPSA) is 88.7 Å². The number of carbonyl (C=O) groups is 2. The summed E-state index contributed by atoms with van der Waals surface area (Å²) in [4.78, 5) is 24.2. The Bertz CT molecular complexity index is 780. The molecule has 0 saturated carbocycles. The lowest BCUT2D eigenvalue weighted by Crippen LogP contribution is -2.24. The third-order valence-corrected chi connectivity index (χ3v) is 3.76. The van der Waals surface area contributed by atoms with E-state index in [1.165, 1.54) is 0 Å². The Balaban J connectivity index is 1.89. The number of rotatable bonds is 11. The standard InChI is InChI=1S/C21H27N3O4/c1-3-22-21(26)16-8-7-9-17(14-16)24-20(25)15-23-18-10-5-6-11-19(18)28-13-12-27-4-2/h5-11,14,23H,3-4,12-13,15H2,1-2H3,(H,22,26)(H,24,25). The molecule has 2 amide bonds. The number of hydrogen-bond acceptors (Lipinski definition) is 5. The van der Waals surface area contributed by atoms with E-state index in [-0.39, 0.29) is 18.4 Å². The Hall–Kier alpha value is -3.06. The van der Waals surface area contributed by atoms with Gasteiger partial charge in [-0.3, -0.25) is 9.59 Å². The van der Waals surface area contributed by atoms with E-state index in [4.69, 9.17) is 9.47 Å². The van der Waals surface area contributed by atoms with Crippen molar-refractivity contribution in [1.29, 1.82) is 0 Å². The Kier molecular flexibility index (Phi) is 8.81. The van der Waals surface area contributed by atoms with E-state index in [0.717, 1.165) is 5.69 Å². The molecule has 2 rings (SSSR count). The van der Waals surface area contributed by atoms with E-state index in [0.29, 0.717) is 43.4 Å². The van der Waals surface area contributed by atoms with E-state index in [9.17, 15) is 9.59 Å². The highest BCUT2D eigenvalue weighted by Crippen LogP contribution is 2.23. The summed E-state index contributed by atoms with van der Waals surface area (Å²) < 4.78 is 11.0. The molecule has 0 spiro atoms. The lowest BCUT2D eigenvalue weighted by molar-refractivity contribution is -0.114. The summed E-state index contributed by atoms with van der Waals surface area (Å²) in [5.41, 5.74) is 1.79. The summed E-state index contributed by atoms with van der Waals surface area (Å²) in [7, 11) is 0. The fourth-order valence-corrected chi connectivity index (χ4v) is 2.47. The van der Waals surface area contributed by atoms with Crippen LogP contribution in [0.5, 0.6) is 5.75 Å². The fourth-order valence-electron chi connectivity index (χ4n) is 2.47. The van der Waals surface area contributed by atoms with Gasteiger partial charge in [-0.1, -0.05) is 18.2 Å². The number of carbonyl (C=O) groups excluding carboxylic acids is 2. The molecule has 0 radical (unpaired) electrons. The van der Waals surface area contributed by atoms with Gasteiger partial charge in [0.25, 0.3) is 5.91 Å². The number of amides is 2. The van der Waals surface area contributed by atoms with Gasteiger partial charge in [0.05, 0.1) is 18.8 Å². The Morgan fingerprint density at radius 2 is 1.82 bits per heavy atom. The second-order valence-corrected chi connectivity index (χ2v) is 5.88. The minimum absolute atomic E-state index is 0.0667. The zero-order valence-electron chi connectivity index (χ0n) is 16.3. The Morgan fingerprint density at radius 3 is 2.61 bits per heavy atom. The Morgan fingerprint density at radius 1 is 1.00 bits per heavy atom. The monoisotopic (exact) mass is 385 g/mol. The van der Waals surface area contributed by atoms with Crippen molar-refractivity contribution >= 4 is 23.2 Å². The number of hydrogen-bond donors (Lipinski definition) is 3. The van der Waals surface area contributed by atoms with Crippen molar-refractivity contribution in [3.05, 3.63) is 54.1 Å². The van der Waals surface area contributed by atoms with Gasteiger partial charge < -0.3 is 25.4 Å². The summed E-state index contributed by atoms with van der Waals surface area (Å²) in [5, 5.41) is 8.59. The van der Waals surface area contributed by atoms with E-state index >= 15 is 0 Å². The highest BCUT2D eigenvalue weighted by Gasteiger charge is 2.08. The molecule has 28 heavy (non-hydrogen) atoms. The van der Waals surface area contributed by atoms with Gasteiger partial charge in [-0.2, -0.15) is 0 Å². The van der Waals surface area contributed by atoms with E-state index < -0.39 is 0 Å². The fraction of sp³-hybridized carbons (Fsp3) is 0.333. The smallest absolute Gasteiger partial charge is 0.251 e. The van der Waals surface area contributed by atoms with Gasteiger partial charge in [0.2, 0.25) is 5.91 Å². The average Bonchev–Trinajstić information content (AvgIpc) is 2.71. The average molecular weight is 385 g/mol. The van der Waals surface area contributed by atoms with Crippen molar-refractivity contribution < 1.29 is 19.1 Å². The van der Waals surface area contributed by atoms with Gasteiger partial charge in [0, 0.05) is 24.4 Å². The number of ether oxygens (including phenoxy) is 2. The van der Waals surface area contributed by atoms with Crippen LogP contribution in [0.3, 0.4) is 0 Å². The molecule has 0 fully saturated rings. The van der Waals surface area contributed by atoms with Crippen molar-refractivity contribution in [3.63, 3.8) is 0 Å². The second kappa shape index (κ2) is 11.6. The van der Waals surface area contributed by atoms with Crippen LogP contribution in [-0.2, 0) is 9.53 Å². The molecule has 2 aromatic rings. The van der Waals surface area contributed by atoms with Crippen molar-refractivity contribution in [2.45, 2.75) is 13.8 Å². The molecule has 0 aliphatic heterocycles. The quantitative estimate of drug-likeness (QED) is 0.518. The van der Waals surface area contributed by atoms with Gasteiger partial charge in [0.1, 0.15) is 12.4 Å². The van der Waals surface area contributed by atoms with Crippen LogP contribution in [0.2, 0.25) is 0 Å². The van der Waals surface area contributed by atoms with Gasteiger partial charge in [-0.25, -0.2) is 0 Å². The van der Waals surface area contributed by atoms with Crippen LogP contribution in [0.4, 0.5) is 11.4 Å². The maximum absolute atomic E-state index is 12.3. The van der Waals surface area contributed by atoms with Crippen molar-refractivity contribution in [2.24, 2.45) is 0 Å². The molecule has 0 unspecified atom stereocenters. The largest absolute Gasteiger partial charge is 0.489 e. The molecule has 150 valence electrons. The summed E-state index contributed by atoms with van der Waals surface area (Å²) >= 11 is 0. The molecule has 0 aromatic heterocycles. The maximum Gasteiger partial charge on any atom is 0.251 e. The molecule has 0 aliphatic carbocycles. The number of anilines is 2. The molecule has 0 heterocycles. The van der Waals surface area contributed by atoms with Gasteiger partial charge in [0.15, 0.2) is 0 Å². The van der Waals surface area contributed by atoms with Crippen molar-refractivity contribution in [3.8, 4) is 5.75 Å². The first-order valence-corrected chi connectivity index (χ1v) is 9.35. The van der Waals surface area contributed by atoms with Gasteiger partial charge in [-0.15, -0.1) is 0 Å². The first kappa shape index (κ1) is 21.2. The van der Waals surface area contributed by atoms with Crippen LogP contribution < -0.4 is 20.7 Å². The summed E-state index contributed by atoms with van der Waals surface area (Å²) in [6.07, 6.45) is 0. The molecule has 3 N–H and O–H groups in total. The number of benzene rings is 2. The van der Waals surface area contributed by atoms with Crippen LogP contribution in [0.1, 0.15) is 24.2 Å². The Labute approximate surface area is 165 Å². The summed E-state index contributed by atoms with van der Waals surface area (Å²) in [6.45, 7) is 5.99. The summed E-state index contributed by atoms with van der Waals surface area (Å²) in [5.74, 6) is 0.264. The van der Waals surface area contributed by atoms with Crippen LogP contribution >= 0.6 is 0 Å². The van der Waals surface area contributed by atoms with Gasteiger partial charge in [-0.05, 0) is 44.2 Å². The zero-order chi connectivity index (χ0) is 20.2. The third kappa shape index (κ3) is 6.92. The molecule has 0 saturated heterocycles. The zero-order valence-corrected chi connectivity index (χ0v) is 16.3. The third-order valence-electron chi connectivity index (χ3n) is 3.76. The molecule has 7 nitrogen and oxygen atoms in total. The number of para-hydroxylation sites is 2. The molecule has 7 heteroatoms. The van der Waals surface area contributed by atoms with Crippen LogP contribution in [0, 0.1) is 0 Å². The predicted molar refractivity (Wildman–Crippen MR) is 110 cm³/mol. The highest BCUT2D eigenvalue weighted by molar-refractivity contribution is 5.98. The maximum atomic E-state index is 12.3. The van der Waals surface area contributed by atoms with Crippen LogP contribution in [0.15, 0.2) is 48.5 Å². The first-order chi connectivity index (χ1) is 13.6. The van der Waals surface area contributed by atoms with Crippen LogP contribution in [0.25, 0.3) is 0 Å². The van der Waals surface area contributed by atoms with E-state index in [2.05, 4.69) is 16.0 Å². The predicted octanol–water partition coefficient (Wildman–Crippen LogP) is 2.90. The molecule has 0 aliphatic rings. The minimum atomic E-state index is -0.225. The van der Waals surface area contributed by atoms with Gasteiger partial charge >= 0.3 is 0 Å². The van der Waals surface area contributed by atoms with E-state index in [1.807, 2.05) is 38.1 Å². The van der Waals surface area contributed by atoms with E-state index in [1.54, 1.807) is 24.3 Å². The molecular formula is C21H27N3O4. The second-order valence-electron chi connectivity index (χ2n) is 5.88. The van der Waals surface area contributed by atoms with Crippen LogP contribution in [-0.4, -0.2) is 44.7 Å². The normalized spacial score (nSPS) is 10.2. The first-order valence-electron chi connectivity index (χ1n) is 9.35. The summed E-state index contributed by atoms with van der Waals surface area (Å²) in [6, 6.07) is 14.2. The lowest BCUT2D eigenvalue weighted by atomic mass is 10.2. The highest BCUT2D eigenvalue weighted by atomic mass is 16.5.